The van der Waals surface area contributed by atoms with E-state index in [1.807, 2.05) is 41.8 Å². The lowest BCUT2D eigenvalue weighted by molar-refractivity contribution is -0.121. The number of benzene rings is 2. The predicted octanol–water partition coefficient (Wildman–Crippen LogP) is 5.27. The van der Waals surface area contributed by atoms with E-state index >= 15 is 0 Å². The molecule has 3 aromatic rings. The van der Waals surface area contributed by atoms with Gasteiger partial charge in [-0.1, -0.05) is 28.1 Å². The molecule has 0 aliphatic rings. The average Bonchev–Trinajstić information content (AvgIpc) is 3.02. The molecule has 0 unspecified atom stereocenters. The summed E-state index contributed by atoms with van der Waals surface area (Å²) in [7, 11) is 0. The quantitative estimate of drug-likeness (QED) is 0.492. The number of amides is 1. The third-order valence-corrected chi connectivity index (χ3v) is 5.32. The minimum absolute atomic E-state index is 0.0382. The van der Waals surface area contributed by atoms with E-state index in [-0.39, 0.29) is 23.9 Å². The Morgan fingerprint density at radius 1 is 1.10 bits per heavy atom. The summed E-state index contributed by atoms with van der Waals surface area (Å²) in [6, 6.07) is 15.7. The van der Waals surface area contributed by atoms with Crippen molar-refractivity contribution in [3.05, 3.63) is 81.7 Å². The largest absolute Gasteiger partial charge is 0.352 e. The molecule has 3 rings (SSSR count). The summed E-state index contributed by atoms with van der Waals surface area (Å²) in [6.07, 6.45) is 0.273. The first-order valence-corrected chi connectivity index (χ1v) is 10.1. The van der Waals surface area contributed by atoms with E-state index in [0.29, 0.717) is 18.7 Å². The molecule has 1 amide bonds. The zero-order valence-corrected chi connectivity index (χ0v) is 17.9. The first-order chi connectivity index (χ1) is 13.8. The molecule has 0 radical (unpaired) electrons. The van der Waals surface area contributed by atoms with E-state index in [1.165, 1.54) is 19.1 Å². The molecule has 1 aromatic heterocycles. The summed E-state index contributed by atoms with van der Waals surface area (Å²) in [5.41, 5.74) is 4.02. The molecular formula is C23H22BrFN2O2. The number of carbonyl (C=O) groups excluding carboxylic acids is 2. The Morgan fingerprint density at radius 3 is 2.48 bits per heavy atom. The zero-order valence-electron chi connectivity index (χ0n) is 16.3. The van der Waals surface area contributed by atoms with Crippen LogP contribution in [0, 0.1) is 12.7 Å². The highest BCUT2D eigenvalue weighted by molar-refractivity contribution is 9.10. The number of nitrogens with zero attached hydrogens (tertiary/aromatic N) is 1. The number of carbonyl (C=O) groups is 2. The van der Waals surface area contributed by atoms with Crippen LogP contribution in [0.2, 0.25) is 0 Å². The second-order valence-electron chi connectivity index (χ2n) is 6.90. The fraction of sp³-hybridized carbons (Fsp3) is 0.217. The van der Waals surface area contributed by atoms with Crippen LogP contribution >= 0.6 is 15.9 Å². The molecule has 150 valence electrons. The standard InChI is InChI=1S/C23H22BrFN2O2/c1-15-21(16(2)28)13-22(18-6-8-20(25)9-7-18)27(15)11-10-23(29)26-14-17-4-3-5-19(24)12-17/h3-9,12-13H,10-11,14H2,1-2H3,(H,26,29). The number of aromatic nitrogens is 1. The van der Waals surface area contributed by atoms with Gasteiger partial charge < -0.3 is 9.88 Å². The van der Waals surface area contributed by atoms with Gasteiger partial charge in [0.2, 0.25) is 5.91 Å². The second-order valence-corrected chi connectivity index (χ2v) is 7.82. The Morgan fingerprint density at radius 2 is 1.83 bits per heavy atom. The van der Waals surface area contributed by atoms with Crippen LogP contribution in [-0.2, 0) is 17.9 Å². The molecule has 1 N–H and O–H groups in total. The molecule has 0 atom stereocenters. The Bertz CT molecular complexity index is 1040. The van der Waals surface area contributed by atoms with Crippen LogP contribution < -0.4 is 5.32 Å². The van der Waals surface area contributed by atoms with Gasteiger partial charge in [0, 0.05) is 40.9 Å². The second kappa shape index (κ2) is 9.18. The first-order valence-electron chi connectivity index (χ1n) is 9.33. The maximum atomic E-state index is 13.3. The fourth-order valence-electron chi connectivity index (χ4n) is 3.30. The predicted molar refractivity (Wildman–Crippen MR) is 115 cm³/mol. The van der Waals surface area contributed by atoms with Gasteiger partial charge in [0.1, 0.15) is 5.82 Å². The van der Waals surface area contributed by atoms with Gasteiger partial charge in [0.05, 0.1) is 0 Å². The highest BCUT2D eigenvalue weighted by Gasteiger charge is 2.17. The summed E-state index contributed by atoms with van der Waals surface area (Å²) in [5.74, 6) is -0.432. The number of hydrogen-bond acceptors (Lipinski definition) is 2. The van der Waals surface area contributed by atoms with E-state index in [4.69, 9.17) is 0 Å². The van der Waals surface area contributed by atoms with Crippen molar-refractivity contribution in [1.82, 2.24) is 9.88 Å². The molecule has 0 bridgehead atoms. The summed E-state index contributed by atoms with van der Waals surface area (Å²) >= 11 is 3.42. The third kappa shape index (κ3) is 5.21. The normalized spacial score (nSPS) is 10.8. The van der Waals surface area contributed by atoms with Gasteiger partial charge in [-0.25, -0.2) is 4.39 Å². The minimum atomic E-state index is -0.317. The first kappa shape index (κ1) is 21.0. The van der Waals surface area contributed by atoms with Gasteiger partial charge in [-0.05, 0) is 67.4 Å². The lowest BCUT2D eigenvalue weighted by atomic mass is 10.1. The average molecular weight is 457 g/mol. The van der Waals surface area contributed by atoms with Crippen LogP contribution in [0.15, 0.2) is 59.1 Å². The topological polar surface area (TPSA) is 51.1 Å². The Labute approximate surface area is 177 Å². The Balaban J connectivity index is 1.74. The molecule has 2 aromatic carbocycles. The van der Waals surface area contributed by atoms with Gasteiger partial charge in [-0.3, -0.25) is 9.59 Å². The van der Waals surface area contributed by atoms with Crippen LogP contribution in [0.4, 0.5) is 4.39 Å². The van der Waals surface area contributed by atoms with Crippen molar-refractivity contribution in [3.8, 4) is 11.3 Å². The number of nitrogens with one attached hydrogen (secondary N) is 1. The number of hydrogen-bond donors (Lipinski definition) is 1. The highest BCUT2D eigenvalue weighted by atomic mass is 79.9. The maximum absolute atomic E-state index is 13.3. The van der Waals surface area contributed by atoms with Crippen LogP contribution in [0.25, 0.3) is 11.3 Å². The Hall–Kier alpha value is -2.73. The van der Waals surface area contributed by atoms with E-state index < -0.39 is 0 Å². The number of ketones is 1. The van der Waals surface area contributed by atoms with Crippen molar-refractivity contribution in [2.45, 2.75) is 33.4 Å². The van der Waals surface area contributed by atoms with Crippen molar-refractivity contribution in [2.24, 2.45) is 0 Å². The summed E-state index contributed by atoms with van der Waals surface area (Å²) < 4.78 is 16.2. The molecular weight excluding hydrogens is 435 g/mol. The van der Waals surface area contributed by atoms with E-state index in [0.717, 1.165) is 27.0 Å². The number of rotatable bonds is 7. The van der Waals surface area contributed by atoms with Crippen molar-refractivity contribution >= 4 is 27.6 Å². The summed E-state index contributed by atoms with van der Waals surface area (Å²) in [5, 5.41) is 2.92. The molecule has 0 fully saturated rings. The molecule has 4 nitrogen and oxygen atoms in total. The lowest BCUT2D eigenvalue weighted by Crippen LogP contribution is -2.24. The molecule has 0 saturated carbocycles. The maximum Gasteiger partial charge on any atom is 0.222 e. The molecule has 0 aliphatic carbocycles. The van der Waals surface area contributed by atoms with Crippen LogP contribution in [0.3, 0.4) is 0 Å². The van der Waals surface area contributed by atoms with E-state index in [1.54, 1.807) is 12.1 Å². The van der Waals surface area contributed by atoms with Crippen LogP contribution in [0.1, 0.15) is 35.0 Å². The van der Waals surface area contributed by atoms with Gasteiger partial charge in [-0.15, -0.1) is 0 Å². The lowest BCUT2D eigenvalue weighted by Gasteiger charge is -2.12. The van der Waals surface area contributed by atoms with Crippen LogP contribution in [0.5, 0.6) is 0 Å². The smallest absolute Gasteiger partial charge is 0.222 e. The van der Waals surface area contributed by atoms with Gasteiger partial charge in [0.15, 0.2) is 5.78 Å². The molecule has 0 saturated heterocycles. The van der Waals surface area contributed by atoms with E-state index in [9.17, 15) is 14.0 Å². The monoisotopic (exact) mass is 456 g/mol. The summed E-state index contributed by atoms with van der Waals surface area (Å²) in [6.45, 7) is 4.26. The molecule has 0 spiro atoms. The van der Waals surface area contributed by atoms with Crippen molar-refractivity contribution in [3.63, 3.8) is 0 Å². The third-order valence-electron chi connectivity index (χ3n) is 4.83. The minimum Gasteiger partial charge on any atom is -0.352 e. The summed E-state index contributed by atoms with van der Waals surface area (Å²) in [4.78, 5) is 24.4. The Kier molecular flexibility index (Phi) is 6.64. The van der Waals surface area contributed by atoms with Gasteiger partial charge >= 0.3 is 0 Å². The highest BCUT2D eigenvalue weighted by Crippen LogP contribution is 2.27. The number of Topliss-reactive ketones (excluding diaryl/α,β-unsaturated/α-hetero) is 1. The molecule has 0 aliphatic heterocycles. The SMILES string of the molecule is CC(=O)c1cc(-c2ccc(F)cc2)n(CCC(=O)NCc2cccc(Br)c2)c1C. The van der Waals surface area contributed by atoms with Crippen molar-refractivity contribution in [1.29, 1.82) is 0 Å². The zero-order chi connectivity index (χ0) is 21.0. The fourth-order valence-corrected chi connectivity index (χ4v) is 3.75. The van der Waals surface area contributed by atoms with Gasteiger partial charge in [0.25, 0.3) is 0 Å². The van der Waals surface area contributed by atoms with Gasteiger partial charge in [-0.2, -0.15) is 0 Å². The molecule has 6 heteroatoms. The molecule has 29 heavy (non-hydrogen) atoms. The van der Waals surface area contributed by atoms with Crippen molar-refractivity contribution < 1.29 is 14.0 Å². The number of halogens is 2. The van der Waals surface area contributed by atoms with E-state index in [2.05, 4.69) is 21.2 Å². The van der Waals surface area contributed by atoms with Crippen molar-refractivity contribution in [2.75, 3.05) is 0 Å². The van der Waals surface area contributed by atoms with Crippen LogP contribution in [-0.4, -0.2) is 16.3 Å². The molecule has 1 heterocycles.